The van der Waals surface area contributed by atoms with Crippen LogP contribution in [0.3, 0.4) is 0 Å². The molecule has 0 saturated carbocycles. The average Bonchev–Trinajstić information content (AvgIpc) is 3.32. The van der Waals surface area contributed by atoms with Crippen LogP contribution in [0.4, 0.5) is 0 Å². The van der Waals surface area contributed by atoms with Gasteiger partial charge in [-0.05, 0) is 42.2 Å². The maximum absolute atomic E-state index is 13.5. The van der Waals surface area contributed by atoms with E-state index in [0.29, 0.717) is 30.8 Å². The molecule has 0 aliphatic carbocycles. The van der Waals surface area contributed by atoms with Crippen LogP contribution in [0, 0.1) is 0 Å². The average molecular weight is 453 g/mol. The van der Waals surface area contributed by atoms with E-state index in [1.54, 1.807) is 38.3 Å². The van der Waals surface area contributed by atoms with Gasteiger partial charge in [0, 0.05) is 50.4 Å². The lowest BCUT2D eigenvalue weighted by Crippen LogP contribution is -2.45. The highest BCUT2D eigenvalue weighted by Crippen LogP contribution is 2.32. The van der Waals surface area contributed by atoms with Crippen LogP contribution >= 0.6 is 0 Å². The predicted molar refractivity (Wildman–Crippen MR) is 125 cm³/mol. The van der Waals surface area contributed by atoms with E-state index < -0.39 is 6.04 Å². The van der Waals surface area contributed by atoms with Gasteiger partial charge in [0.15, 0.2) is 0 Å². The standard InChI is InChI=1S/C25H32N4O4/c1-27-24(30)21-12-19(28-10-9-20-18(14-28)5-4-6-22(20)32-2)15-29(21)25(31)16-7-8-17(13-26)23(11-16)33-3/h4-8,11,19,21H,9-10,12-15,26H2,1-3H3,(H,27,30)/t19-,21-/m0/s1. The Bertz CT molecular complexity index is 1040. The Labute approximate surface area is 194 Å². The number of methoxy groups -OCH3 is 2. The molecule has 1 saturated heterocycles. The quantitative estimate of drug-likeness (QED) is 0.690. The summed E-state index contributed by atoms with van der Waals surface area (Å²) in [4.78, 5) is 30.3. The minimum Gasteiger partial charge on any atom is -0.496 e. The van der Waals surface area contributed by atoms with E-state index in [2.05, 4.69) is 16.3 Å². The Morgan fingerprint density at radius 2 is 1.94 bits per heavy atom. The van der Waals surface area contributed by atoms with Crippen molar-refractivity contribution in [2.45, 2.75) is 38.0 Å². The van der Waals surface area contributed by atoms with E-state index in [9.17, 15) is 9.59 Å². The van der Waals surface area contributed by atoms with Crippen LogP contribution in [0.2, 0.25) is 0 Å². The second-order valence-corrected chi connectivity index (χ2v) is 8.53. The fourth-order valence-corrected chi connectivity index (χ4v) is 5.03. The first-order valence-corrected chi connectivity index (χ1v) is 11.3. The SMILES string of the molecule is CNC(=O)[C@@H]1C[C@H](N2CCc3c(cccc3OC)C2)CN1C(=O)c1ccc(CN)c(OC)c1. The van der Waals surface area contributed by atoms with Gasteiger partial charge < -0.3 is 25.4 Å². The fraction of sp³-hybridized carbons (Fsp3) is 0.440. The maximum Gasteiger partial charge on any atom is 0.254 e. The smallest absolute Gasteiger partial charge is 0.254 e. The number of hydrogen-bond acceptors (Lipinski definition) is 6. The number of nitrogens with one attached hydrogen (secondary N) is 1. The highest BCUT2D eigenvalue weighted by Gasteiger charge is 2.42. The number of nitrogens with two attached hydrogens (primary N) is 1. The lowest BCUT2D eigenvalue weighted by atomic mass is 9.97. The summed E-state index contributed by atoms with van der Waals surface area (Å²) >= 11 is 0. The molecular weight excluding hydrogens is 420 g/mol. The predicted octanol–water partition coefficient (Wildman–Crippen LogP) is 1.55. The molecule has 2 aromatic carbocycles. The van der Waals surface area contributed by atoms with Gasteiger partial charge >= 0.3 is 0 Å². The highest BCUT2D eigenvalue weighted by atomic mass is 16.5. The summed E-state index contributed by atoms with van der Waals surface area (Å²) in [5.74, 6) is 1.19. The first-order chi connectivity index (χ1) is 16.0. The molecule has 0 bridgehead atoms. The highest BCUT2D eigenvalue weighted by molar-refractivity contribution is 5.98. The first kappa shape index (κ1) is 23.1. The molecule has 2 aliphatic rings. The number of amides is 2. The molecule has 3 N–H and O–H groups in total. The summed E-state index contributed by atoms with van der Waals surface area (Å²) in [5.41, 5.74) is 9.58. The van der Waals surface area contributed by atoms with Crippen molar-refractivity contribution in [3.8, 4) is 11.5 Å². The van der Waals surface area contributed by atoms with Gasteiger partial charge in [-0.1, -0.05) is 18.2 Å². The van der Waals surface area contributed by atoms with E-state index in [0.717, 1.165) is 30.8 Å². The zero-order chi connectivity index (χ0) is 23.5. The number of fused-ring (bicyclic) bond motifs is 1. The van der Waals surface area contributed by atoms with Gasteiger partial charge in [-0.3, -0.25) is 14.5 Å². The first-order valence-electron chi connectivity index (χ1n) is 11.3. The molecule has 8 nitrogen and oxygen atoms in total. The molecule has 176 valence electrons. The molecule has 4 rings (SSSR count). The molecule has 1 fully saturated rings. The molecule has 2 aromatic rings. The molecule has 0 spiro atoms. The Kier molecular flexibility index (Phi) is 6.85. The minimum absolute atomic E-state index is 0.0980. The maximum atomic E-state index is 13.5. The van der Waals surface area contributed by atoms with Crippen LogP contribution in [0.5, 0.6) is 11.5 Å². The van der Waals surface area contributed by atoms with Gasteiger partial charge in [-0.15, -0.1) is 0 Å². The number of carbonyl (C=O) groups is 2. The van der Waals surface area contributed by atoms with E-state index in [1.165, 1.54) is 11.1 Å². The van der Waals surface area contributed by atoms with Crippen molar-refractivity contribution in [2.75, 3.05) is 34.4 Å². The van der Waals surface area contributed by atoms with Gasteiger partial charge in [0.25, 0.3) is 5.91 Å². The summed E-state index contributed by atoms with van der Waals surface area (Å²) in [6.45, 7) is 2.46. The molecule has 2 amide bonds. The van der Waals surface area contributed by atoms with E-state index in [-0.39, 0.29) is 17.9 Å². The number of rotatable bonds is 6. The third-order valence-electron chi connectivity index (χ3n) is 6.83. The zero-order valence-electron chi connectivity index (χ0n) is 19.5. The number of likely N-dealkylation sites (N-methyl/N-ethyl adjacent to an activating group) is 1. The monoisotopic (exact) mass is 452 g/mol. The van der Waals surface area contributed by atoms with Gasteiger partial charge in [0.2, 0.25) is 5.91 Å². The van der Waals surface area contributed by atoms with Crippen LogP contribution in [-0.4, -0.2) is 68.1 Å². The third kappa shape index (κ3) is 4.41. The Hall–Kier alpha value is -3.10. The normalized spacial score (nSPS) is 20.3. The molecule has 0 unspecified atom stereocenters. The topological polar surface area (TPSA) is 97.1 Å². The van der Waals surface area contributed by atoms with Crippen LogP contribution in [0.1, 0.15) is 33.5 Å². The van der Waals surface area contributed by atoms with E-state index in [4.69, 9.17) is 15.2 Å². The number of benzene rings is 2. The van der Waals surface area contributed by atoms with Gasteiger partial charge in [0.05, 0.1) is 14.2 Å². The number of carbonyl (C=O) groups excluding carboxylic acids is 2. The van der Waals surface area contributed by atoms with Crippen LogP contribution in [-0.2, 0) is 24.3 Å². The third-order valence-corrected chi connectivity index (χ3v) is 6.83. The summed E-state index contributed by atoms with van der Waals surface area (Å²) in [6, 6.07) is 11.0. The largest absolute Gasteiger partial charge is 0.496 e. The van der Waals surface area contributed by atoms with Gasteiger partial charge in [-0.25, -0.2) is 0 Å². The van der Waals surface area contributed by atoms with Crippen molar-refractivity contribution in [3.05, 3.63) is 58.7 Å². The molecule has 0 aromatic heterocycles. The molecule has 0 radical (unpaired) electrons. The lowest BCUT2D eigenvalue weighted by Gasteiger charge is -2.34. The molecular formula is C25H32N4O4. The summed E-state index contributed by atoms with van der Waals surface area (Å²) in [7, 11) is 4.87. The molecule has 8 heteroatoms. The number of nitrogens with zero attached hydrogens (tertiary/aromatic N) is 2. The molecule has 2 aliphatic heterocycles. The van der Waals surface area contributed by atoms with E-state index >= 15 is 0 Å². The van der Waals surface area contributed by atoms with Crippen LogP contribution in [0.15, 0.2) is 36.4 Å². The van der Waals surface area contributed by atoms with Crippen molar-refractivity contribution < 1.29 is 19.1 Å². The minimum atomic E-state index is -0.514. The fourth-order valence-electron chi connectivity index (χ4n) is 5.03. The lowest BCUT2D eigenvalue weighted by molar-refractivity contribution is -0.124. The van der Waals surface area contributed by atoms with Crippen LogP contribution < -0.4 is 20.5 Å². The molecule has 2 atom stereocenters. The molecule has 2 heterocycles. The van der Waals surface area contributed by atoms with Crippen LogP contribution in [0.25, 0.3) is 0 Å². The Morgan fingerprint density at radius 1 is 1.15 bits per heavy atom. The zero-order valence-corrected chi connectivity index (χ0v) is 19.5. The number of likely N-dealkylation sites (tertiary alicyclic amines) is 1. The summed E-state index contributed by atoms with van der Waals surface area (Å²) in [5, 5.41) is 2.73. The second kappa shape index (κ2) is 9.80. The van der Waals surface area contributed by atoms with Gasteiger partial charge in [0.1, 0.15) is 17.5 Å². The Morgan fingerprint density at radius 3 is 2.64 bits per heavy atom. The van der Waals surface area contributed by atoms with Crippen molar-refractivity contribution >= 4 is 11.8 Å². The van der Waals surface area contributed by atoms with Crippen molar-refractivity contribution in [1.29, 1.82) is 0 Å². The van der Waals surface area contributed by atoms with Gasteiger partial charge in [-0.2, -0.15) is 0 Å². The Balaban J connectivity index is 1.56. The van der Waals surface area contributed by atoms with Crippen molar-refractivity contribution in [2.24, 2.45) is 5.73 Å². The molecule has 33 heavy (non-hydrogen) atoms. The summed E-state index contributed by atoms with van der Waals surface area (Å²) < 4.78 is 10.9. The number of hydrogen-bond donors (Lipinski definition) is 2. The van der Waals surface area contributed by atoms with Crippen molar-refractivity contribution in [1.82, 2.24) is 15.1 Å². The number of ether oxygens (including phenoxy) is 2. The van der Waals surface area contributed by atoms with E-state index in [1.807, 2.05) is 18.2 Å². The second-order valence-electron chi connectivity index (χ2n) is 8.53. The van der Waals surface area contributed by atoms with Crippen molar-refractivity contribution in [3.63, 3.8) is 0 Å². The summed E-state index contributed by atoms with van der Waals surface area (Å²) in [6.07, 6.45) is 1.48.